The summed E-state index contributed by atoms with van der Waals surface area (Å²) in [6.07, 6.45) is 1.62. The van der Waals surface area contributed by atoms with Gasteiger partial charge in [0.25, 0.3) is 5.71 Å². The summed E-state index contributed by atoms with van der Waals surface area (Å²) in [7, 11) is -4.88. The maximum atomic E-state index is 12.4. The fourth-order valence-corrected chi connectivity index (χ4v) is 2.46. The molecular weight excluding hydrogens is 357 g/mol. The molecule has 12 heteroatoms. The topological polar surface area (TPSA) is 109 Å². The number of nitrogens with zero attached hydrogens (tertiary/aromatic N) is 2. The average Bonchev–Trinajstić information content (AvgIpc) is 3.24. The molecule has 0 bridgehead atoms. The number of carbonyl (C=O) groups is 1. The molecule has 8 nitrogen and oxygen atoms in total. The Morgan fingerprint density at radius 2 is 2.04 bits per heavy atom. The molecule has 0 aliphatic heterocycles. The number of esters is 1. The average molecular weight is 366 g/mol. The molecule has 2 aromatic heterocycles. The van der Waals surface area contributed by atoms with E-state index in [1.54, 1.807) is 0 Å². The van der Waals surface area contributed by atoms with Crippen LogP contribution >= 0.6 is 0 Å². The van der Waals surface area contributed by atoms with Crippen LogP contribution in [0.15, 0.2) is 10.6 Å². The van der Waals surface area contributed by atoms with E-state index < -0.39 is 27.5 Å². The predicted molar refractivity (Wildman–Crippen MR) is 70.7 cm³/mol. The third kappa shape index (κ3) is 2.77. The van der Waals surface area contributed by atoms with E-state index in [9.17, 15) is 26.4 Å². The molecule has 3 rings (SSSR count). The Kier molecular flexibility index (Phi) is 3.66. The van der Waals surface area contributed by atoms with E-state index in [4.69, 9.17) is 4.52 Å². The Hall–Kier alpha value is -2.37. The van der Waals surface area contributed by atoms with Gasteiger partial charge in [0, 0.05) is 12.0 Å². The van der Waals surface area contributed by atoms with Gasteiger partial charge in [0.15, 0.2) is 0 Å². The Bertz CT molecular complexity index is 917. The van der Waals surface area contributed by atoms with E-state index in [1.807, 2.05) is 0 Å². The van der Waals surface area contributed by atoms with Gasteiger partial charge in [-0.15, -0.1) is 0 Å². The standard InChI is InChI=1S/C12H9F3N2O6S/c1-21-11(18)6-4-7(23-24(19,20)12(13,14)15)16-10-8(6)9(17-22-10)5-2-3-5/h4-5H,2-3H2,1H3. The second kappa shape index (κ2) is 5.33. The highest BCUT2D eigenvalue weighted by molar-refractivity contribution is 7.87. The number of ether oxygens (including phenoxy) is 1. The summed E-state index contributed by atoms with van der Waals surface area (Å²) >= 11 is 0. The number of halogens is 3. The van der Waals surface area contributed by atoms with Crippen molar-refractivity contribution in [1.29, 1.82) is 0 Å². The van der Waals surface area contributed by atoms with Crippen molar-refractivity contribution in [2.75, 3.05) is 7.11 Å². The van der Waals surface area contributed by atoms with Crippen molar-refractivity contribution in [1.82, 2.24) is 10.1 Å². The summed E-state index contributed by atoms with van der Waals surface area (Å²) in [4.78, 5) is 15.4. The summed E-state index contributed by atoms with van der Waals surface area (Å²) in [6, 6.07) is 0.751. The number of rotatable bonds is 4. The highest BCUT2D eigenvalue weighted by Gasteiger charge is 2.49. The quantitative estimate of drug-likeness (QED) is 0.460. The minimum absolute atomic E-state index is 0.0436. The zero-order valence-electron chi connectivity index (χ0n) is 12.0. The molecule has 1 saturated carbocycles. The Balaban J connectivity index is 2.13. The van der Waals surface area contributed by atoms with Crippen LogP contribution in [0.1, 0.15) is 34.8 Å². The molecule has 1 aliphatic rings. The second-order valence-corrected chi connectivity index (χ2v) is 6.54. The van der Waals surface area contributed by atoms with Gasteiger partial charge in [-0.1, -0.05) is 5.16 Å². The van der Waals surface area contributed by atoms with E-state index in [1.165, 1.54) is 0 Å². The van der Waals surface area contributed by atoms with Gasteiger partial charge >= 0.3 is 21.6 Å². The van der Waals surface area contributed by atoms with E-state index in [2.05, 4.69) is 19.1 Å². The van der Waals surface area contributed by atoms with Crippen LogP contribution in [0.2, 0.25) is 0 Å². The van der Waals surface area contributed by atoms with Gasteiger partial charge in [-0.05, 0) is 12.8 Å². The lowest BCUT2D eigenvalue weighted by Gasteiger charge is -2.09. The van der Waals surface area contributed by atoms with E-state index in [0.29, 0.717) is 5.69 Å². The van der Waals surface area contributed by atoms with E-state index in [-0.39, 0.29) is 22.6 Å². The molecule has 0 aromatic carbocycles. The van der Waals surface area contributed by atoms with Crippen LogP contribution in [0.3, 0.4) is 0 Å². The minimum atomic E-state index is -5.94. The summed E-state index contributed by atoms with van der Waals surface area (Å²) < 4.78 is 72.8. The second-order valence-electron chi connectivity index (χ2n) is 5.01. The number of fused-ring (bicyclic) bond motifs is 1. The lowest BCUT2D eigenvalue weighted by molar-refractivity contribution is -0.0501. The van der Waals surface area contributed by atoms with Gasteiger partial charge in [-0.25, -0.2) is 4.79 Å². The van der Waals surface area contributed by atoms with Crippen LogP contribution in [0.4, 0.5) is 13.2 Å². The molecule has 1 aliphatic carbocycles. The Morgan fingerprint density at radius 1 is 1.38 bits per heavy atom. The lowest BCUT2D eigenvalue weighted by atomic mass is 10.1. The third-order valence-electron chi connectivity index (χ3n) is 3.30. The van der Waals surface area contributed by atoms with Crippen molar-refractivity contribution in [2.45, 2.75) is 24.3 Å². The number of methoxy groups -OCH3 is 1. The number of alkyl halides is 3. The van der Waals surface area contributed by atoms with Gasteiger partial charge in [-0.3, -0.25) is 0 Å². The normalized spacial score (nSPS) is 15.5. The maximum absolute atomic E-state index is 12.4. The molecule has 0 atom stereocenters. The van der Waals surface area contributed by atoms with Crippen molar-refractivity contribution >= 4 is 27.2 Å². The molecule has 0 N–H and O–H groups in total. The summed E-state index contributed by atoms with van der Waals surface area (Å²) in [6.45, 7) is 0. The van der Waals surface area contributed by atoms with Gasteiger partial charge in [-0.2, -0.15) is 26.6 Å². The number of carbonyl (C=O) groups excluding carboxylic acids is 1. The molecule has 2 heterocycles. The van der Waals surface area contributed by atoms with Gasteiger partial charge in [0.05, 0.1) is 23.8 Å². The third-order valence-corrected chi connectivity index (χ3v) is 4.25. The van der Waals surface area contributed by atoms with Crippen molar-refractivity contribution in [2.24, 2.45) is 0 Å². The molecule has 1 fully saturated rings. The first-order valence-corrected chi connectivity index (χ1v) is 7.94. The smallest absolute Gasteiger partial charge is 0.465 e. The molecule has 0 spiro atoms. The summed E-state index contributed by atoms with van der Waals surface area (Å²) in [5.41, 5.74) is -5.77. The molecule has 130 valence electrons. The monoisotopic (exact) mass is 366 g/mol. The Morgan fingerprint density at radius 3 is 2.58 bits per heavy atom. The van der Waals surface area contributed by atoms with Crippen molar-refractivity contribution in [3.8, 4) is 5.88 Å². The molecule has 0 unspecified atom stereocenters. The fraction of sp³-hybridized carbons (Fsp3) is 0.417. The highest BCUT2D eigenvalue weighted by atomic mass is 32.2. The van der Waals surface area contributed by atoms with Crippen molar-refractivity contribution in [3.63, 3.8) is 0 Å². The van der Waals surface area contributed by atoms with Crippen LogP contribution in [0.5, 0.6) is 5.88 Å². The van der Waals surface area contributed by atoms with E-state index in [0.717, 1.165) is 26.0 Å². The molecular formula is C12H9F3N2O6S. The van der Waals surface area contributed by atoms with Crippen molar-refractivity contribution in [3.05, 3.63) is 17.3 Å². The first kappa shape index (κ1) is 16.5. The van der Waals surface area contributed by atoms with Crippen molar-refractivity contribution < 1.29 is 39.8 Å². The van der Waals surface area contributed by atoms with Crippen LogP contribution in [0, 0.1) is 0 Å². The molecule has 0 amide bonds. The predicted octanol–water partition coefficient (Wildman–Crippen LogP) is 2.12. The number of aromatic nitrogens is 2. The van der Waals surface area contributed by atoms with Crippen LogP contribution < -0.4 is 4.18 Å². The first-order chi connectivity index (χ1) is 11.1. The molecule has 2 aromatic rings. The zero-order valence-corrected chi connectivity index (χ0v) is 12.8. The SMILES string of the molecule is COC(=O)c1cc(OS(=O)(=O)C(F)(F)F)nc2onc(C3CC3)c12. The van der Waals surface area contributed by atoms with Gasteiger partial charge in [0.1, 0.15) is 0 Å². The highest BCUT2D eigenvalue weighted by Crippen LogP contribution is 2.43. The largest absolute Gasteiger partial charge is 0.534 e. The van der Waals surface area contributed by atoms with E-state index >= 15 is 0 Å². The Labute approximate surface area is 132 Å². The van der Waals surface area contributed by atoms with Crippen LogP contribution in [0.25, 0.3) is 11.1 Å². The molecule has 0 radical (unpaired) electrons. The molecule has 24 heavy (non-hydrogen) atoms. The first-order valence-electron chi connectivity index (χ1n) is 6.53. The fourth-order valence-electron chi connectivity index (χ4n) is 2.06. The van der Waals surface area contributed by atoms with Gasteiger partial charge in [0.2, 0.25) is 5.88 Å². The molecule has 0 saturated heterocycles. The lowest BCUT2D eigenvalue weighted by Crippen LogP contribution is -2.28. The van der Waals surface area contributed by atoms with Crippen LogP contribution in [-0.2, 0) is 14.9 Å². The summed E-state index contributed by atoms with van der Waals surface area (Å²) in [5.74, 6) is -1.84. The minimum Gasteiger partial charge on any atom is -0.465 e. The number of pyridine rings is 1. The van der Waals surface area contributed by atoms with Gasteiger partial charge < -0.3 is 13.4 Å². The maximum Gasteiger partial charge on any atom is 0.534 e. The zero-order chi connectivity index (χ0) is 17.7. The number of hydrogen-bond donors (Lipinski definition) is 0. The van der Waals surface area contributed by atoms with Crippen LogP contribution in [-0.4, -0.2) is 37.1 Å². The summed E-state index contributed by atoms with van der Waals surface area (Å²) in [5, 5.41) is 3.92. The number of hydrogen-bond acceptors (Lipinski definition) is 8.